The van der Waals surface area contributed by atoms with Crippen LogP contribution < -0.4 is 10.6 Å². The summed E-state index contributed by atoms with van der Waals surface area (Å²) in [4.78, 5) is 28.2. The highest BCUT2D eigenvalue weighted by atomic mass is 32.2. The van der Waals surface area contributed by atoms with E-state index >= 15 is 0 Å². The molecule has 1 aromatic heterocycles. The number of carbonyl (C=O) groups excluding carboxylic acids is 2. The molecular formula is C19H20N4O2S. The van der Waals surface area contributed by atoms with Gasteiger partial charge in [-0.15, -0.1) is 0 Å². The van der Waals surface area contributed by atoms with Crippen molar-refractivity contribution in [2.24, 2.45) is 0 Å². The van der Waals surface area contributed by atoms with Gasteiger partial charge in [-0.2, -0.15) is 11.8 Å². The first-order chi connectivity index (χ1) is 12.6. The zero-order valence-electron chi connectivity index (χ0n) is 14.7. The molecule has 0 radical (unpaired) electrons. The van der Waals surface area contributed by atoms with Gasteiger partial charge in [0.05, 0.1) is 16.8 Å². The predicted octanol–water partition coefficient (Wildman–Crippen LogP) is 3.50. The summed E-state index contributed by atoms with van der Waals surface area (Å²) in [5.74, 6) is 1.38. The molecule has 26 heavy (non-hydrogen) atoms. The maximum absolute atomic E-state index is 12.5. The van der Waals surface area contributed by atoms with E-state index in [1.165, 1.54) is 6.92 Å². The summed E-state index contributed by atoms with van der Waals surface area (Å²) in [7, 11) is 0. The van der Waals surface area contributed by atoms with Gasteiger partial charge in [0.15, 0.2) is 0 Å². The number of fused-ring (bicyclic) bond motifs is 1. The summed E-state index contributed by atoms with van der Waals surface area (Å²) < 4.78 is 1.95. The molecule has 134 valence electrons. The van der Waals surface area contributed by atoms with Gasteiger partial charge in [-0.3, -0.25) is 9.59 Å². The highest BCUT2D eigenvalue weighted by molar-refractivity contribution is 7.97. The van der Waals surface area contributed by atoms with Gasteiger partial charge in [0, 0.05) is 18.3 Å². The minimum atomic E-state index is -0.130. The fraction of sp³-hybridized carbons (Fsp3) is 0.211. The zero-order chi connectivity index (χ0) is 18.5. The van der Waals surface area contributed by atoms with E-state index in [4.69, 9.17) is 0 Å². The molecule has 3 aromatic rings. The molecule has 0 saturated heterocycles. The maximum atomic E-state index is 12.5. The van der Waals surface area contributed by atoms with Crippen LogP contribution in [0, 0.1) is 0 Å². The Hall–Kier alpha value is -2.80. The monoisotopic (exact) mass is 368 g/mol. The quantitative estimate of drug-likeness (QED) is 0.698. The Kier molecular flexibility index (Phi) is 5.58. The van der Waals surface area contributed by atoms with Crippen molar-refractivity contribution in [2.45, 2.75) is 19.2 Å². The van der Waals surface area contributed by atoms with E-state index in [1.54, 1.807) is 36.0 Å². The lowest BCUT2D eigenvalue weighted by Gasteiger charge is -2.10. The van der Waals surface area contributed by atoms with Gasteiger partial charge in [-0.25, -0.2) is 4.98 Å². The molecule has 0 aliphatic heterocycles. The summed E-state index contributed by atoms with van der Waals surface area (Å²) in [5.41, 5.74) is 3.22. The molecule has 1 heterocycles. The second-order valence-corrected chi connectivity index (χ2v) is 6.71. The summed E-state index contributed by atoms with van der Waals surface area (Å²) in [6.45, 7) is 1.65. The van der Waals surface area contributed by atoms with Crippen LogP contribution in [0.1, 0.15) is 12.7 Å². The summed E-state index contributed by atoms with van der Waals surface area (Å²) in [5, 5.41) is 5.58. The number of benzene rings is 2. The Labute approximate surface area is 156 Å². The van der Waals surface area contributed by atoms with Crippen molar-refractivity contribution in [1.82, 2.24) is 9.55 Å². The van der Waals surface area contributed by atoms with Gasteiger partial charge >= 0.3 is 0 Å². The van der Waals surface area contributed by atoms with Crippen LogP contribution in [0.3, 0.4) is 0 Å². The Morgan fingerprint density at radius 1 is 1.04 bits per heavy atom. The van der Waals surface area contributed by atoms with E-state index in [-0.39, 0.29) is 18.4 Å². The molecule has 0 aliphatic carbocycles. The molecule has 3 rings (SSSR count). The van der Waals surface area contributed by atoms with E-state index in [9.17, 15) is 9.59 Å². The van der Waals surface area contributed by atoms with E-state index in [1.807, 2.05) is 35.1 Å². The first-order valence-electron chi connectivity index (χ1n) is 8.17. The number of carbonyl (C=O) groups is 2. The molecule has 2 amide bonds. The maximum Gasteiger partial charge on any atom is 0.244 e. The lowest BCUT2D eigenvalue weighted by atomic mass is 10.2. The van der Waals surface area contributed by atoms with Crippen molar-refractivity contribution in [3.8, 4) is 0 Å². The highest BCUT2D eigenvalue weighted by Crippen LogP contribution is 2.19. The predicted molar refractivity (Wildman–Crippen MR) is 106 cm³/mol. The van der Waals surface area contributed by atoms with E-state index in [0.29, 0.717) is 11.4 Å². The van der Waals surface area contributed by atoms with E-state index in [2.05, 4.69) is 15.6 Å². The minimum Gasteiger partial charge on any atom is -0.326 e. The molecule has 0 spiro atoms. The number of nitrogens with zero attached hydrogens (tertiary/aromatic N) is 2. The van der Waals surface area contributed by atoms with Crippen LogP contribution in [0.15, 0.2) is 48.5 Å². The number of nitrogens with one attached hydrogen (secondary N) is 2. The lowest BCUT2D eigenvalue weighted by Crippen LogP contribution is -2.20. The number of amides is 2. The largest absolute Gasteiger partial charge is 0.326 e. The van der Waals surface area contributed by atoms with Crippen LogP contribution in [0.25, 0.3) is 11.0 Å². The summed E-state index contributed by atoms with van der Waals surface area (Å²) in [6.07, 6.45) is 2.01. The number of anilines is 2. The highest BCUT2D eigenvalue weighted by Gasteiger charge is 2.13. The Morgan fingerprint density at radius 2 is 1.69 bits per heavy atom. The van der Waals surface area contributed by atoms with Crippen molar-refractivity contribution in [3.63, 3.8) is 0 Å². The molecule has 0 aliphatic rings. The fourth-order valence-electron chi connectivity index (χ4n) is 2.73. The molecule has 0 saturated carbocycles. The van der Waals surface area contributed by atoms with Crippen molar-refractivity contribution in [2.75, 3.05) is 16.9 Å². The third-order valence-electron chi connectivity index (χ3n) is 3.80. The van der Waals surface area contributed by atoms with Crippen molar-refractivity contribution < 1.29 is 9.59 Å². The molecule has 0 unspecified atom stereocenters. The summed E-state index contributed by atoms with van der Waals surface area (Å²) in [6, 6.07) is 14.8. The molecule has 2 N–H and O–H groups in total. The zero-order valence-corrected chi connectivity index (χ0v) is 15.5. The number of rotatable bonds is 6. The van der Waals surface area contributed by atoms with E-state index in [0.717, 1.165) is 22.6 Å². The third-order valence-corrected chi connectivity index (χ3v) is 4.34. The standard InChI is InChI=1S/C19H20N4O2S/c1-13(24)20-14-7-9-15(10-8-14)21-19(25)11-23-17-6-4-3-5-16(17)22-18(23)12-26-2/h3-10H,11-12H2,1-2H3,(H,20,24)(H,21,25). The van der Waals surface area contributed by atoms with Crippen LogP contribution in [0.2, 0.25) is 0 Å². The molecule has 0 atom stereocenters. The van der Waals surface area contributed by atoms with Gasteiger partial charge in [0.2, 0.25) is 11.8 Å². The Morgan fingerprint density at radius 3 is 2.35 bits per heavy atom. The Bertz CT molecular complexity index is 934. The average molecular weight is 368 g/mol. The number of aromatic nitrogens is 2. The Balaban J connectivity index is 1.74. The van der Waals surface area contributed by atoms with Gasteiger partial charge in [0.25, 0.3) is 0 Å². The second-order valence-electron chi connectivity index (χ2n) is 5.84. The second kappa shape index (κ2) is 8.05. The first-order valence-corrected chi connectivity index (χ1v) is 9.57. The van der Waals surface area contributed by atoms with Gasteiger partial charge in [0.1, 0.15) is 12.4 Å². The molecule has 0 fully saturated rings. The topological polar surface area (TPSA) is 76.0 Å². The molecule has 0 bridgehead atoms. The van der Waals surface area contributed by atoms with Gasteiger partial charge < -0.3 is 15.2 Å². The van der Waals surface area contributed by atoms with Gasteiger partial charge in [-0.05, 0) is 42.7 Å². The van der Waals surface area contributed by atoms with Crippen molar-refractivity contribution >= 4 is 46.0 Å². The summed E-state index contributed by atoms with van der Waals surface area (Å²) >= 11 is 1.67. The third kappa shape index (κ3) is 4.23. The normalized spacial score (nSPS) is 10.7. The van der Waals surface area contributed by atoms with E-state index < -0.39 is 0 Å². The number of imidazole rings is 1. The number of thioether (sulfide) groups is 1. The molecular weight excluding hydrogens is 348 g/mol. The smallest absolute Gasteiger partial charge is 0.244 e. The molecule has 7 heteroatoms. The van der Waals surface area contributed by atoms with Gasteiger partial charge in [-0.1, -0.05) is 12.1 Å². The average Bonchev–Trinajstić information content (AvgIpc) is 2.94. The SMILES string of the molecule is CSCc1nc2ccccc2n1CC(=O)Nc1ccc(NC(C)=O)cc1. The number of para-hydroxylation sites is 2. The molecule has 6 nitrogen and oxygen atoms in total. The number of hydrogen-bond donors (Lipinski definition) is 2. The van der Waals surface area contributed by atoms with Crippen molar-refractivity contribution in [1.29, 1.82) is 0 Å². The molecule has 2 aromatic carbocycles. The van der Waals surface area contributed by atoms with Crippen LogP contribution in [-0.2, 0) is 21.9 Å². The lowest BCUT2D eigenvalue weighted by molar-refractivity contribution is -0.117. The van der Waals surface area contributed by atoms with Crippen LogP contribution in [-0.4, -0.2) is 27.6 Å². The minimum absolute atomic E-state index is 0.122. The van der Waals surface area contributed by atoms with Crippen LogP contribution in [0.5, 0.6) is 0 Å². The fourth-order valence-corrected chi connectivity index (χ4v) is 3.20. The van der Waals surface area contributed by atoms with Crippen molar-refractivity contribution in [3.05, 3.63) is 54.4 Å². The number of hydrogen-bond acceptors (Lipinski definition) is 4. The van der Waals surface area contributed by atoms with Crippen LogP contribution in [0.4, 0.5) is 11.4 Å². The van der Waals surface area contributed by atoms with Crippen LogP contribution >= 0.6 is 11.8 Å². The first kappa shape index (κ1) is 18.0.